The lowest BCUT2D eigenvalue weighted by Crippen LogP contribution is -2.39. The molecule has 1 fully saturated rings. The molecule has 164 valence electrons. The Morgan fingerprint density at radius 1 is 1.23 bits per heavy atom. The van der Waals surface area contributed by atoms with Crippen molar-refractivity contribution in [3.63, 3.8) is 0 Å². The summed E-state index contributed by atoms with van der Waals surface area (Å²) in [6.45, 7) is 5.56. The third-order valence-corrected chi connectivity index (χ3v) is 6.33. The van der Waals surface area contributed by atoms with Crippen LogP contribution in [0.15, 0.2) is 30.3 Å². The Hall–Kier alpha value is -2.00. The zero-order chi connectivity index (χ0) is 22.7. The molecule has 0 bridgehead atoms. The van der Waals surface area contributed by atoms with E-state index in [1.807, 2.05) is 24.8 Å². The van der Waals surface area contributed by atoms with Gasteiger partial charge in [0.1, 0.15) is 11.9 Å². The second kappa shape index (κ2) is 10.1. The van der Waals surface area contributed by atoms with Crippen LogP contribution >= 0.6 is 34.8 Å². The second-order valence-electron chi connectivity index (χ2n) is 8.14. The van der Waals surface area contributed by atoms with E-state index in [0.717, 1.165) is 12.1 Å². The maximum absolute atomic E-state index is 14.1. The first kappa shape index (κ1) is 23.7. The molecule has 0 unspecified atom stereocenters. The molecular formula is C23H23Cl3FN3O. The highest BCUT2D eigenvalue weighted by molar-refractivity contribution is 6.35. The number of anilines is 1. The Bertz CT molecular complexity index is 1020. The van der Waals surface area contributed by atoms with E-state index in [1.54, 1.807) is 12.1 Å². The number of hydrogen-bond acceptors (Lipinski definition) is 3. The van der Waals surface area contributed by atoms with Gasteiger partial charge < -0.3 is 9.80 Å². The Morgan fingerprint density at radius 3 is 2.61 bits per heavy atom. The molecule has 0 saturated carbocycles. The van der Waals surface area contributed by atoms with Crippen LogP contribution < -0.4 is 4.90 Å². The lowest BCUT2D eigenvalue weighted by atomic mass is 10.1. The number of halogens is 4. The van der Waals surface area contributed by atoms with Gasteiger partial charge in [-0.15, -0.1) is 0 Å². The third kappa shape index (κ3) is 5.63. The summed E-state index contributed by atoms with van der Waals surface area (Å²) in [6.07, 6.45) is 1.26. The fraction of sp³-hybridized carbons (Fsp3) is 0.391. The van der Waals surface area contributed by atoms with Crippen molar-refractivity contribution < 1.29 is 9.18 Å². The van der Waals surface area contributed by atoms with Gasteiger partial charge in [0.2, 0.25) is 5.91 Å². The lowest BCUT2D eigenvalue weighted by molar-refractivity contribution is -0.130. The molecule has 2 aromatic carbocycles. The first-order chi connectivity index (χ1) is 14.7. The van der Waals surface area contributed by atoms with Crippen molar-refractivity contribution >= 4 is 46.4 Å². The predicted octanol–water partition coefficient (Wildman–Crippen LogP) is 6.31. The molecule has 1 aliphatic heterocycles. The predicted molar refractivity (Wildman–Crippen MR) is 123 cm³/mol. The van der Waals surface area contributed by atoms with Crippen LogP contribution in [0.5, 0.6) is 0 Å². The van der Waals surface area contributed by atoms with E-state index in [1.165, 1.54) is 12.1 Å². The highest BCUT2D eigenvalue weighted by Crippen LogP contribution is 2.32. The van der Waals surface area contributed by atoms with Crippen molar-refractivity contribution in [3.05, 3.63) is 62.3 Å². The molecule has 1 amide bonds. The van der Waals surface area contributed by atoms with Gasteiger partial charge in [-0.3, -0.25) is 4.79 Å². The molecule has 1 saturated heterocycles. The number of likely N-dealkylation sites (tertiary alicyclic amines) is 1. The third-order valence-electron chi connectivity index (χ3n) is 5.37. The van der Waals surface area contributed by atoms with Crippen molar-refractivity contribution in [3.8, 4) is 6.07 Å². The summed E-state index contributed by atoms with van der Waals surface area (Å²) in [5.74, 6) is -0.124. The standard InChI is InChI=1S/C23H23Cl3FN3O/c1-14(2)7-23(31)29-6-5-18(13-29)30(17-4-3-15(11-28)19(24)9-17)12-16-8-22(27)21(26)10-20(16)25/h3-4,8-10,14,18H,5-7,12-13H2,1-2H3/t18-/m0/s1. The Labute approximate surface area is 197 Å². The minimum Gasteiger partial charge on any atom is -0.362 e. The van der Waals surface area contributed by atoms with Crippen LogP contribution in [0.2, 0.25) is 15.1 Å². The van der Waals surface area contributed by atoms with Gasteiger partial charge in [-0.2, -0.15) is 5.26 Å². The van der Waals surface area contributed by atoms with Crippen molar-refractivity contribution in [1.29, 1.82) is 5.26 Å². The number of carbonyl (C=O) groups is 1. The summed E-state index contributed by atoms with van der Waals surface area (Å²) in [6, 6.07) is 9.96. The van der Waals surface area contributed by atoms with Crippen LogP contribution in [0.25, 0.3) is 0 Å². The minimum atomic E-state index is -0.543. The normalized spacial score (nSPS) is 15.9. The molecule has 3 rings (SSSR count). The summed E-state index contributed by atoms with van der Waals surface area (Å²) >= 11 is 18.5. The minimum absolute atomic E-state index is 0.00470. The second-order valence-corrected chi connectivity index (χ2v) is 9.36. The van der Waals surface area contributed by atoms with E-state index < -0.39 is 5.82 Å². The zero-order valence-corrected chi connectivity index (χ0v) is 19.6. The van der Waals surface area contributed by atoms with E-state index in [4.69, 9.17) is 34.8 Å². The smallest absolute Gasteiger partial charge is 0.222 e. The number of hydrogen-bond donors (Lipinski definition) is 0. The molecule has 0 spiro atoms. The van der Waals surface area contributed by atoms with Crippen LogP contribution in [-0.2, 0) is 11.3 Å². The fourth-order valence-electron chi connectivity index (χ4n) is 3.77. The lowest BCUT2D eigenvalue weighted by Gasteiger charge is -2.32. The summed E-state index contributed by atoms with van der Waals surface area (Å²) in [5, 5.41) is 9.86. The average Bonchev–Trinajstić information content (AvgIpc) is 3.19. The Morgan fingerprint density at radius 2 is 1.97 bits per heavy atom. The largest absolute Gasteiger partial charge is 0.362 e. The van der Waals surface area contributed by atoms with Gasteiger partial charge in [0.25, 0.3) is 0 Å². The van der Waals surface area contributed by atoms with Crippen molar-refractivity contribution in [2.45, 2.75) is 39.3 Å². The van der Waals surface area contributed by atoms with Gasteiger partial charge in [-0.05, 0) is 48.2 Å². The summed E-state index contributed by atoms with van der Waals surface area (Å²) in [7, 11) is 0. The maximum Gasteiger partial charge on any atom is 0.222 e. The van der Waals surface area contributed by atoms with Crippen LogP contribution in [0.4, 0.5) is 10.1 Å². The first-order valence-electron chi connectivity index (χ1n) is 10.1. The van der Waals surface area contributed by atoms with Crippen molar-refractivity contribution in [2.24, 2.45) is 5.92 Å². The van der Waals surface area contributed by atoms with Crippen molar-refractivity contribution in [1.82, 2.24) is 4.90 Å². The van der Waals surface area contributed by atoms with E-state index in [9.17, 15) is 14.4 Å². The van der Waals surface area contributed by atoms with Crippen molar-refractivity contribution in [2.75, 3.05) is 18.0 Å². The summed E-state index contributed by atoms with van der Waals surface area (Å²) in [5.41, 5.74) is 1.73. The molecule has 4 nitrogen and oxygen atoms in total. The number of rotatable bonds is 6. The van der Waals surface area contributed by atoms with Gasteiger partial charge in [0.15, 0.2) is 0 Å². The number of nitriles is 1. The van der Waals surface area contributed by atoms with E-state index in [-0.39, 0.29) is 22.9 Å². The Balaban J connectivity index is 1.92. The van der Waals surface area contributed by atoms with Gasteiger partial charge in [0.05, 0.1) is 15.6 Å². The molecule has 1 heterocycles. The fourth-order valence-corrected chi connectivity index (χ4v) is 4.43. The SMILES string of the molecule is CC(C)CC(=O)N1CC[C@H](N(Cc2cc(F)c(Cl)cc2Cl)c2ccc(C#N)c(Cl)c2)C1. The maximum atomic E-state index is 14.1. The van der Waals surface area contributed by atoms with E-state index in [0.29, 0.717) is 47.2 Å². The number of amides is 1. The quantitative estimate of drug-likeness (QED) is 0.453. The van der Waals surface area contributed by atoms with Gasteiger partial charge >= 0.3 is 0 Å². The summed E-state index contributed by atoms with van der Waals surface area (Å²) < 4.78 is 14.1. The topological polar surface area (TPSA) is 47.3 Å². The molecule has 31 heavy (non-hydrogen) atoms. The van der Waals surface area contributed by atoms with Crippen LogP contribution in [-0.4, -0.2) is 29.9 Å². The van der Waals surface area contributed by atoms with E-state index >= 15 is 0 Å². The molecule has 0 aromatic heterocycles. The monoisotopic (exact) mass is 481 g/mol. The van der Waals surface area contributed by atoms with Crippen LogP contribution in [0.1, 0.15) is 37.8 Å². The highest BCUT2D eigenvalue weighted by atomic mass is 35.5. The molecule has 0 aliphatic carbocycles. The van der Waals surface area contributed by atoms with E-state index in [2.05, 4.69) is 11.0 Å². The average molecular weight is 483 g/mol. The highest BCUT2D eigenvalue weighted by Gasteiger charge is 2.31. The van der Waals surface area contributed by atoms with Crippen LogP contribution in [0.3, 0.4) is 0 Å². The van der Waals surface area contributed by atoms with Gasteiger partial charge in [-0.1, -0.05) is 48.7 Å². The molecule has 0 radical (unpaired) electrons. The first-order valence-corrected chi connectivity index (χ1v) is 11.2. The molecular weight excluding hydrogens is 460 g/mol. The molecule has 2 aromatic rings. The number of nitrogens with zero attached hydrogens (tertiary/aromatic N) is 3. The molecule has 0 N–H and O–H groups in total. The number of benzene rings is 2. The molecule has 8 heteroatoms. The molecule has 1 aliphatic rings. The van der Waals surface area contributed by atoms with Crippen LogP contribution in [0, 0.1) is 23.1 Å². The Kier molecular flexibility index (Phi) is 7.69. The molecule has 1 atom stereocenters. The summed E-state index contributed by atoms with van der Waals surface area (Å²) in [4.78, 5) is 16.5. The van der Waals surface area contributed by atoms with Gasteiger partial charge in [-0.25, -0.2) is 4.39 Å². The van der Waals surface area contributed by atoms with Gasteiger partial charge in [0, 0.05) is 42.8 Å². The zero-order valence-electron chi connectivity index (χ0n) is 17.3. The number of carbonyl (C=O) groups excluding carboxylic acids is 1.